The third kappa shape index (κ3) is 2.78. The van der Waals surface area contributed by atoms with Crippen molar-refractivity contribution in [1.82, 2.24) is 20.4 Å². The Morgan fingerprint density at radius 2 is 2.25 bits per heavy atom. The number of hydrogen-bond acceptors (Lipinski definition) is 4. The number of fused-ring (bicyclic) bond motifs is 2. The maximum absolute atomic E-state index is 12.6. The van der Waals surface area contributed by atoms with Gasteiger partial charge in [-0.25, -0.2) is 0 Å². The van der Waals surface area contributed by atoms with Gasteiger partial charge in [-0.15, -0.1) is 0 Å². The van der Waals surface area contributed by atoms with Crippen LogP contribution in [0.3, 0.4) is 0 Å². The van der Waals surface area contributed by atoms with Crippen molar-refractivity contribution in [2.45, 2.75) is 24.8 Å². The first-order valence-electron chi connectivity index (χ1n) is 8.42. The van der Waals surface area contributed by atoms with Crippen molar-refractivity contribution in [1.29, 1.82) is 0 Å². The van der Waals surface area contributed by atoms with E-state index in [1.54, 1.807) is 13.2 Å². The molecule has 3 heterocycles. The van der Waals surface area contributed by atoms with Gasteiger partial charge in [-0.05, 0) is 44.0 Å². The maximum Gasteiger partial charge on any atom is 0.269 e. The standard InChI is InChI=1S/C18H22N4O2/c1-24-14-5-2-4-13(10-14)15-11-16(21-20-15)17(23)19-18-6-3-8-22(12-18)9-7-18/h2,4-5,10-11H,3,6-9,12H2,1H3,(H,19,23)(H,20,21). The van der Waals surface area contributed by atoms with Gasteiger partial charge in [0.15, 0.2) is 0 Å². The molecule has 0 radical (unpaired) electrons. The van der Waals surface area contributed by atoms with E-state index in [1.165, 1.54) is 0 Å². The van der Waals surface area contributed by atoms with Crippen LogP contribution in [-0.2, 0) is 0 Å². The van der Waals surface area contributed by atoms with Crippen molar-refractivity contribution in [3.8, 4) is 17.0 Å². The van der Waals surface area contributed by atoms with Gasteiger partial charge in [-0.3, -0.25) is 9.89 Å². The summed E-state index contributed by atoms with van der Waals surface area (Å²) < 4.78 is 5.24. The first-order valence-corrected chi connectivity index (χ1v) is 8.42. The molecule has 126 valence electrons. The minimum absolute atomic E-state index is 0.0590. The monoisotopic (exact) mass is 326 g/mol. The highest BCUT2D eigenvalue weighted by Crippen LogP contribution is 2.31. The number of aromatic nitrogens is 2. The average molecular weight is 326 g/mol. The lowest BCUT2D eigenvalue weighted by atomic mass is 9.90. The van der Waals surface area contributed by atoms with Crippen LogP contribution in [0.5, 0.6) is 5.75 Å². The van der Waals surface area contributed by atoms with Crippen molar-refractivity contribution in [2.75, 3.05) is 26.7 Å². The highest BCUT2D eigenvalue weighted by molar-refractivity contribution is 5.94. The Bertz CT molecular complexity index is 753. The lowest BCUT2D eigenvalue weighted by Gasteiger charge is -2.34. The van der Waals surface area contributed by atoms with Gasteiger partial charge in [0.25, 0.3) is 5.91 Å². The predicted molar refractivity (Wildman–Crippen MR) is 91.1 cm³/mol. The van der Waals surface area contributed by atoms with Gasteiger partial charge in [0.05, 0.1) is 18.3 Å². The van der Waals surface area contributed by atoms with E-state index < -0.39 is 0 Å². The fraction of sp³-hybridized carbons (Fsp3) is 0.444. The number of carbonyl (C=O) groups is 1. The number of benzene rings is 1. The smallest absolute Gasteiger partial charge is 0.269 e. The molecule has 0 aliphatic carbocycles. The Morgan fingerprint density at radius 1 is 1.33 bits per heavy atom. The quantitative estimate of drug-likeness (QED) is 0.902. The Morgan fingerprint density at radius 3 is 3.12 bits per heavy atom. The highest BCUT2D eigenvalue weighted by Gasteiger charge is 2.42. The number of carbonyl (C=O) groups excluding carboxylic acids is 1. The Balaban J connectivity index is 1.51. The Labute approximate surface area is 141 Å². The molecule has 2 N–H and O–H groups in total. The van der Waals surface area contributed by atoms with Gasteiger partial charge in [-0.1, -0.05) is 12.1 Å². The summed E-state index contributed by atoms with van der Waals surface area (Å²) in [6.07, 6.45) is 3.25. The molecule has 0 saturated carbocycles. The molecule has 1 aromatic carbocycles. The van der Waals surface area contributed by atoms with Crippen LogP contribution in [-0.4, -0.2) is 53.3 Å². The number of methoxy groups -OCH3 is 1. The lowest BCUT2D eigenvalue weighted by Crippen LogP contribution is -2.52. The van der Waals surface area contributed by atoms with E-state index in [9.17, 15) is 4.79 Å². The summed E-state index contributed by atoms with van der Waals surface area (Å²) in [5, 5.41) is 10.4. The third-order valence-electron chi connectivity index (χ3n) is 5.13. The number of nitrogens with one attached hydrogen (secondary N) is 2. The minimum Gasteiger partial charge on any atom is -0.497 e. The van der Waals surface area contributed by atoms with Crippen molar-refractivity contribution in [3.05, 3.63) is 36.0 Å². The van der Waals surface area contributed by atoms with Crippen LogP contribution in [0.15, 0.2) is 30.3 Å². The lowest BCUT2D eigenvalue weighted by molar-refractivity contribution is 0.0872. The van der Waals surface area contributed by atoms with Crippen LogP contribution in [0.2, 0.25) is 0 Å². The molecule has 4 rings (SSSR count). The Hall–Kier alpha value is -2.34. The normalized spacial score (nSPS) is 25.5. The van der Waals surface area contributed by atoms with Crippen LogP contribution < -0.4 is 10.1 Å². The first-order chi connectivity index (χ1) is 11.7. The summed E-state index contributed by atoms with van der Waals surface area (Å²) in [5.74, 6) is 0.703. The second kappa shape index (κ2) is 5.94. The molecule has 1 aromatic heterocycles. The van der Waals surface area contributed by atoms with Gasteiger partial charge < -0.3 is 15.0 Å². The molecular formula is C18H22N4O2. The summed E-state index contributed by atoms with van der Waals surface area (Å²) in [6, 6.07) is 9.46. The third-order valence-corrected chi connectivity index (χ3v) is 5.13. The fourth-order valence-corrected chi connectivity index (χ4v) is 3.84. The summed E-state index contributed by atoms with van der Waals surface area (Å²) >= 11 is 0. The van der Waals surface area contributed by atoms with E-state index >= 15 is 0 Å². The second-order valence-corrected chi connectivity index (χ2v) is 6.76. The zero-order valence-electron chi connectivity index (χ0n) is 13.8. The number of rotatable bonds is 4. The van der Waals surface area contributed by atoms with Crippen molar-refractivity contribution in [3.63, 3.8) is 0 Å². The topological polar surface area (TPSA) is 70.2 Å². The minimum atomic E-state index is -0.0691. The van der Waals surface area contributed by atoms with Gasteiger partial charge in [0.2, 0.25) is 0 Å². The molecule has 6 nitrogen and oxygen atoms in total. The Kier molecular flexibility index (Phi) is 3.76. The summed E-state index contributed by atoms with van der Waals surface area (Å²) in [6.45, 7) is 3.20. The van der Waals surface area contributed by atoms with Gasteiger partial charge in [0, 0.05) is 18.7 Å². The molecule has 2 saturated heterocycles. The predicted octanol–water partition coefficient (Wildman–Crippen LogP) is 2.05. The molecule has 2 aliphatic rings. The van der Waals surface area contributed by atoms with Crippen LogP contribution in [0.1, 0.15) is 29.8 Å². The highest BCUT2D eigenvalue weighted by atomic mass is 16.5. The number of aromatic amines is 1. The van der Waals surface area contributed by atoms with Crippen molar-refractivity contribution >= 4 is 5.91 Å². The molecule has 2 aromatic rings. The summed E-state index contributed by atoms with van der Waals surface area (Å²) in [7, 11) is 1.64. The first kappa shape index (κ1) is 15.2. The van der Waals surface area contributed by atoms with Crippen LogP contribution in [0.25, 0.3) is 11.3 Å². The molecule has 6 heteroatoms. The fourth-order valence-electron chi connectivity index (χ4n) is 3.84. The van der Waals surface area contributed by atoms with E-state index in [0.29, 0.717) is 5.69 Å². The number of nitrogens with zero attached hydrogens (tertiary/aromatic N) is 2. The number of amides is 1. The van der Waals surface area contributed by atoms with Crippen LogP contribution >= 0.6 is 0 Å². The molecule has 2 unspecified atom stereocenters. The van der Waals surface area contributed by atoms with Gasteiger partial charge in [0.1, 0.15) is 11.4 Å². The van der Waals surface area contributed by atoms with E-state index in [1.807, 2.05) is 24.3 Å². The number of H-pyrrole nitrogens is 1. The largest absolute Gasteiger partial charge is 0.497 e. The molecule has 24 heavy (non-hydrogen) atoms. The molecule has 2 bridgehead atoms. The molecule has 2 aliphatic heterocycles. The maximum atomic E-state index is 12.6. The molecule has 0 spiro atoms. The van der Waals surface area contributed by atoms with E-state index in [-0.39, 0.29) is 11.4 Å². The molecule has 2 atom stereocenters. The van der Waals surface area contributed by atoms with Crippen LogP contribution in [0, 0.1) is 0 Å². The van der Waals surface area contributed by atoms with Gasteiger partial charge >= 0.3 is 0 Å². The van der Waals surface area contributed by atoms with Gasteiger partial charge in [-0.2, -0.15) is 5.10 Å². The van der Waals surface area contributed by atoms with Crippen molar-refractivity contribution in [2.24, 2.45) is 0 Å². The molecular weight excluding hydrogens is 304 g/mol. The summed E-state index contributed by atoms with van der Waals surface area (Å²) in [4.78, 5) is 15.1. The summed E-state index contributed by atoms with van der Waals surface area (Å²) in [5.41, 5.74) is 2.11. The number of piperidine rings is 1. The van der Waals surface area contributed by atoms with Crippen molar-refractivity contribution < 1.29 is 9.53 Å². The zero-order chi connectivity index (χ0) is 16.6. The molecule has 1 amide bonds. The van der Waals surface area contributed by atoms with Crippen LogP contribution in [0.4, 0.5) is 0 Å². The van der Waals surface area contributed by atoms with E-state index in [2.05, 4.69) is 20.4 Å². The van der Waals surface area contributed by atoms with E-state index in [4.69, 9.17) is 4.74 Å². The second-order valence-electron chi connectivity index (χ2n) is 6.76. The SMILES string of the molecule is COc1cccc(-c2cc(C(=O)NC34CCCN(CC3)C4)[nH]n2)c1. The zero-order valence-corrected chi connectivity index (χ0v) is 13.8. The molecule has 2 fully saturated rings. The van der Waals surface area contributed by atoms with E-state index in [0.717, 1.165) is 55.9 Å². The average Bonchev–Trinajstić information content (AvgIpc) is 3.20. The number of ether oxygens (including phenoxy) is 1. The number of hydrogen-bond donors (Lipinski definition) is 2.